The van der Waals surface area contributed by atoms with Crippen LogP contribution in [0.4, 0.5) is 9.59 Å². The molecule has 1 aromatic carbocycles. The van der Waals surface area contributed by atoms with E-state index in [0.29, 0.717) is 5.56 Å². The van der Waals surface area contributed by atoms with Crippen LogP contribution in [0.1, 0.15) is 46.6 Å². The van der Waals surface area contributed by atoms with Gasteiger partial charge in [0.25, 0.3) is 0 Å². The molecular formula is C24H35NO10. The first kappa shape index (κ1) is 29.7. The molecule has 0 aliphatic heterocycles. The summed E-state index contributed by atoms with van der Waals surface area (Å²) in [7, 11) is 1.20. The Balaban J connectivity index is 3.12. The molecule has 1 unspecified atom stereocenters. The largest absolute Gasteiger partial charge is 0.513 e. The van der Waals surface area contributed by atoms with Gasteiger partial charge in [0.1, 0.15) is 5.54 Å². The van der Waals surface area contributed by atoms with Crippen molar-refractivity contribution in [1.82, 2.24) is 0 Å². The summed E-state index contributed by atoms with van der Waals surface area (Å²) in [5, 5.41) is 0. The van der Waals surface area contributed by atoms with Crippen LogP contribution in [0.3, 0.4) is 0 Å². The molecule has 0 aliphatic carbocycles. The van der Waals surface area contributed by atoms with E-state index in [1.807, 2.05) is 13.8 Å². The Morgan fingerprint density at radius 3 is 2.00 bits per heavy atom. The summed E-state index contributed by atoms with van der Waals surface area (Å²) in [6, 6.07) is 4.27. The molecule has 2 N–H and O–H groups in total. The number of methoxy groups -OCH3 is 1. The highest BCUT2D eigenvalue weighted by Gasteiger charge is 2.36. The predicted molar refractivity (Wildman–Crippen MR) is 124 cm³/mol. The highest BCUT2D eigenvalue weighted by atomic mass is 16.7. The molecule has 1 rings (SSSR count). The normalized spacial score (nSPS) is 13.3. The molecule has 0 spiro atoms. The fourth-order valence-electron chi connectivity index (χ4n) is 2.87. The number of hydrogen-bond acceptors (Lipinski definition) is 11. The number of benzene rings is 1. The second-order valence-electron chi connectivity index (χ2n) is 8.13. The topological polar surface area (TPSA) is 150 Å². The first-order chi connectivity index (χ1) is 16.5. The lowest BCUT2D eigenvalue weighted by atomic mass is 9.88. The summed E-state index contributed by atoms with van der Waals surface area (Å²) < 4.78 is 29.9. The van der Waals surface area contributed by atoms with Gasteiger partial charge < -0.3 is 34.2 Å². The summed E-state index contributed by atoms with van der Waals surface area (Å²) in [6.07, 6.45) is -2.09. The van der Waals surface area contributed by atoms with E-state index < -0.39 is 29.8 Å². The summed E-state index contributed by atoms with van der Waals surface area (Å²) in [6.45, 7) is 8.81. The van der Waals surface area contributed by atoms with Gasteiger partial charge in [-0.05, 0) is 37.5 Å². The van der Waals surface area contributed by atoms with Crippen molar-refractivity contribution >= 4 is 24.2 Å². The van der Waals surface area contributed by atoms with Gasteiger partial charge in [0.2, 0.25) is 0 Å². The molecule has 0 aromatic heterocycles. The fourth-order valence-corrected chi connectivity index (χ4v) is 2.87. The van der Waals surface area contributed by atoms with E-state index in [9.17, 15) is 19.2 Å². The Hall–Kier alpha value is -3.34. The zero-order chi connectivity index (χ0) is 26.6. The Morgan fingerprint density at radius 1 is 0.914 bits per heavy atom. The maximum Gasteiger partial charge on any atom is 0.513 e. The van der Waals surface area contributed by atoms with Crippen molar-refractivity contribution in [2.45, 2.75) is 53.0 Å². The number of rotatable bonds is 12. The van der Waals surface area contributed by atoms with E-state index in [4.69, 9.17) is 34.2 Å². The second-order valence-corrected chi connectivity index (χ2v) is 8.13. The van der Waals surface area contributed by atoms with Crippen LogP contribution in [0.5, 0.6) is 11.5 Å². The van der Waals surface area contributed by atoms with E-state index in [1.54, 1.807) is 20.8 Å². The molecule has 0 heterocycles. The van der Waals surface area contributed by atoms with Gasteiger partial charge in [-0.15, -0.1) is 0 Å². The van der Waals surface area contributed by atoms with Gasteiger partial charge in [0.15, 0.2) is 11.5 Å². The monoisotopic (exact) mass is 497 g/mol. The lowest BCUT2D eigenvalue weighted by Crippen LogP contribution is -2.51. The van der Waals surface area contributed by atoms with Crippen LogP contribution in [-0.4, -0.2) is 56.7 Å². The van der Waals surface area contributed by atoms with Crippen LogP contribution in [0.15, 0.2) is 18.2 Å². The lowest BCUT2D eigenvalue weighted by molar-refractivity contribution is -0.153. The predicted octanol–water partition coefficient (Wildman–Crippen LogP) is 3.40. The average Bonchev–Trinajstić information content (AvgIpc) is 2.79. The molecule has 11 heteroatoms. The molecule has 2 atom stereocenters. The van der Waals surface area contributed by atoms with E-state index in [2.05, 4.69) is 0 Å². The van der Waals surface area contributed by atoms with Crippen LogP contribution >= 0.6 is 0 Å². The molecule has 0 radical (unpaired) electrons. The molecular weight excluding hydrogens is 462 g/mol. The fraction of sp³-hybridized carbons (Fsp3) is 0.583. The first-order valence-electron chi connectivity index (χ1n) is 11.3. The van der Waals surface area contributed by atoms with Crippen molar-refractivity contribution in [2.75, 3.05) is 26.9 Å². The molecule has 1 aromatic rings. The first-order valence-corrected chi connectivity index (χ1v) is 11.3. The van der Waals surface area contributed by atoms with E-state index in [1.165, 1.54) is 25.3 Å². The van der Waals surface area contributed by atoms with E-state index >= 15 is 0 Å². The van der Waals surface area contributed by atoms with Crippen LogP contribution in [-0.2, 0) is 35.0 Å². The van der Waals surface area contributed by atoms with Crippen molar-refractivity contribution in [3.63, 3.8) is 0 Å². The van der Waals surface area contributed by atoms with Gasteiger partial charge in [0.05, 0.1) is 32.8 Å². The zero-order valence-electron chi connectivity index (χ0n) is 21.1. The van der Waals surface area contributed by atoms with Gasteiger partial charge in [-0.2, -0.15) is 0 Å². The smallest absolute Gasteiger partial charge is 0.468 e. The van der Waals surface area contributed by atoms with Gasteiger partial charge in [-0.1, -0.05) is 26.8 Å². The Bertz CT molecular complexity index is 885. The number of carbonyl (C=O) groups is 4. The quantitative estimate of drug-likeness (QED) is 0.257. The molecule has 35 heavy (non-hydrogen) atoms. The SMILES string of the molecule is CCOC(=O)Oc1ccc(CC(N)(CCOC(=O)[C@@H](C)C(C)C)C(=O)OC)cc1OC(=O)OCC. The number of carbonyl (C=O) groups excluding carboxylic acids is 4. The van der Waals surface area contributed by atoms with Crippen LogP contribution in [0, 0.1) is 11.8 Å². The maximum absolute atomic E-state index is 12.5. The highest BCUT2D eigenvalue weighted by molar-refractivity contribution is 5.81. The van der Waals surface area contributed by atoms with Crippen molar-refractivity contribution in [1.29, 1.82) is 0 Å². The minimum absolute atomic E-state index is 0.0224. The molecule has 196 valence electrons. The molecule has 0 saturated heterocycles. The van der Waals surface area contributed by atoms with Crippen LogP contribution in [0.25, 0.3) is 0 Å². The number of nitrogens with two attached hydrogens (primary N) is 1. The van der Waals surface area contributed by atoms with Gasteiger partial charge in [-0.3, -0.25) is 9.59 Å². The van der Waals surface area contributed by atoms with Gasteiger partial charge >= 0.3 is 24.2 Å². The Labute approximate surface area is 205 Å². The molecule has 0 saturated carbocycles. The van der Waals surface area contributed by atoms with E-state index in [-0.39, 0.29) is 56.0 Å². The van der Waals surface area contributed by atoms with E-state index in [0.717, 1.165) is 0 Å². The van der Waals surface area contributed by atoms with Crippen molar-refractivity contribution in [3.05, 3.63) is 23.8 Å². The highest BCUT2D eigenvalue weighted by Crippen LogP contribution is 2.31. The minimum Gasteiger partial charge on any atom is -0.468 e. The number of hydrogen-bond donors (Lipinski definition) is 1. The zero-order valence-corrected chi connectivity index (χ0v) is 21.1. The van der Waals surface area contributed by atoms with Gasteiger partial charge in [-0.25, -0.2) is 9.59 Å². The molecule has 0 fully saturated rings. The van der Waals surface area contributed by atoms with Crippen LogP contribution < -0.4 is 15.2 Å². The molecule has 11 nitrogen and oxygen atoms in total. The molecule has 0 aliphatic rings. The number of ether oxygens (including phenoxy) is 6. The standard InChI is InChI=1S/C24H35NO10/c1-7-31-22(28)34-18-10-9-17(13-19(18)35-23(29)32-8-2)14-24(25,21(27)30-6)11-12-33-20(26)16(5)15(3)4/h9-10,13,15-16H,7-8,11-12,14,25H2,1-6H3/t16-,24?/m0/s1. The third kappa shape index (κ3) is 9.44. The van der Waals surface area contributed by atoms with Gasteiger partial charge in [0, 0.05) is 12.8 Å². The second kappa shape index (κ2) is 14.1. The summed E-state index contributed by atoms with van der Waals surface area (Å²) in [4.78, 5) is 48.3. The maximum atomic E-state index is 12.5. The Morgan fingerprint density at radius 2 is 1.49 bits per heavy atom. The summed E-state index contributed by atoms with van der Waals surface area (Å²) in [5.41, 5.74) is 5.26. The minimum atomic E-state index is -1.55. The Kier molecular flexibility index (Phi) is 12.0. The van der Waals surface area contributed by atoms with Crippen molar-refractivity contribution in [3.8, 4) is 11.5 Å². The van der Waals surface area contributed by atoms with Crippen molar-refractivity contribution in [2.24, 2.45) is 17.6 Å². The van der Waals surface area contributed by atoms with Crippen molar-refractivity contribution < 1.29 is 47.6 Å². The van der Waals surface area contributed by atoms with Crippen LogP contribution in [0.2, 0.25) is 0 Å². The number of esters is 2. The summed E-state index contributed by atoms with van der Waals surface area (Å²) >= 11 is 0. The summed E-state index contributed by atoms with van der Waals surface area (Å²) in [5.74, 6) is -1.56. The molecule has 0 amide bonds. The third-order valence-electron chi connectivity index (χ3n) is 5.19. The lowest BCUT2D eigenvalue weighted by Gasteiger charge is -2.27. The average molecular weight is 498 g/mol. The third-order valence-corrected chi connectivity index (χ3v) is 5.19. The molecule has 0 bridgehead atoms.